The molecule has 5 heteroatoms. The quantitative estimate of drug-likeness (QED) is 0.906. The Morgan fingerprint density at radius 3 is 2.81 bits per heavy atom. The molecule has 2 atom stereocenters. The summed E-state index contributed by atoms with van der Waals surface area (Å²) in [5.41, 5.74) is 1.13. The molecular formula is C16H25ClN2O2. The van der Waals surface area contributed by atoms with Crippen LogP contribution in [0.15, 0.2) is 18.2 Å². The zero-order valence-corrected chi connectivity index (χ0v) is 14.0. The fourth-order valence-electron chi connectivity index (χ4n) is 2.80. The van der Waals surface area contributed by atoms with Gasteiger partial charge < -0.3 is 14.8 Å². The number of hydrogen-bond donors (Lipinski definition) is 1. The van der Waals surface area contributed by atoms with Crippen molar-refractivity contribution in [1.82, 2.24) is 10.2 Å². The van der Waals surface area contributed by atoms with Gasteiger partial charge in [0.15, 0.2) is 0 Å². The minimum Gasteiger partial charge on any atom is -0.495 e. The van der Waals surface area contributed by atoms with Gasteiger partial charge in [0.05, 0.1) is 30.9 Å². The zero-order chi connectivity index (χ0) is 15.4. The number of halogens is 1. The Hall–Kier alpha value is -0.810. The summed E-state index contributed by atoms with van der Waals surface area (Å²) in [5, 5.41) is 4.00. The Bertz CT molecular complexity index is 468. The molecule has 0 radical (unpaired) electrons. The molecule has 2 rings (SSSR count). The Labute approximate surface area is 132 Å². The number of rotatable bonds is 5. The van der Waals surface area contributed by atoms with Gasteiger partial charge in [-0.05, 0) is 38.6 Å². The second-order valence-electron chi connectivity index (χ2n) is 5.66. The number of likely N-dealkylation sites (N-methyl/N-ethyl adjacent to an activating group) is 1. The first-order chi connectivity index (χ1) is 10.1. The van der Waals surface area contributed by atoms with Crippen LogP contribution in [0.25, 0.3) is 0 Å². The summed E-state index contributed by atoms with van der Waals surface area (Å²) in [6.07, 6.45) is 0.122. The van der Waals surface area contributed by atoms with Gasteiger partial charge >= 0.3 is 0 Å². The highest BCUT2D eigenvalue weighted by Crippen LogP contribution is 2.30. The van der Waals surface area contributed by atoms with Crippen LogP contribution in [0.4, 0.5) is 0 Å². The highest BCUT2D eigenvalue weighted by Gasteiger charge is 2.29. The third kappa shape index (κ3) is 3.89. The lowest BCUT2D eigenvalue weighted by molar-refractivity contribution is -0.0550. The van der Waals surface area contributed by atoms with E-state index in [9.17, 15) is 0 Å². The topological polar surface area (TPSA) is 33.7 Å². The van der Waals surface area contributed by atoms with Crippen molar-refractivity contribution in [2.45, 2.75) is 32.0 Å². The first kappa shape index (κ1) is 16.6. The smallest absolute Gasteiger partial charge is 0.137 e. The van der Waals surface area contributed by atoms with Crippen molar-refractivity contribution in [3.8, 4) is 5.75 Å². The van der Waals surface area contributed by atoms with Crippen molar-refractivity contribution < 1.29 is 9.47 Å². The van der Waals surface area contributed by atoms with Crippen LogP contribution in [0, 0.1) is 0 Å². The zero-order valence-electron chi connectivity index (χ0n) is 13.2. The van der Waals surface area contributed by atoms with Gasteiger partial charge in [-0.25, -0.2) is 0 Å². The molecule has 0 saturated carbocycles. The molecular weight excluding hydrogens is 288 g/mol. The molecule has 2 unspecified atom stereocenters. The normalized spacial score (nSPS) is 21.5. The standard InChI is InChI=1S/C16H25ClN2O2/c1-11(2)19-7-8-21-15(10-19)16(18-3)12-5-6-13(17)14(9-12)20-4/h5-6,9,11,15-16,18H,7-8,10H2,1-4H3. The van der Waals surface area contributed by atoms with Crippen LogP contribution in [0.2, 0.25) is 5.02 Å². The molecule has 1 heterocycles. The van der Waals surface area contributed by atoms with Crippen LogP contribution in [-0.4, -0.2) is 50.9 Å². The molecule has 1 aromatic carbocycles. The van der Waals surface area contributed by atoms with Crippen molar-refractivity contribution in [3.05, 3.63) is 28.8 Å². The molecule has 0 amide bonds. The molecule has 1 aliphatic rings. The minimum atomic E-state index is 0.122. The van der Waals surface area contributed by atoms with E-state index in [1.54, 1.807) is 7.11 Å². The first-order valence-corrected chi connectivity index (χ1v) is 7.81. The number of nitrogens with one attached hydrogen (secondary N) is 1. The van der Waals surface area contributed by atoms with Gasteiger partial charge in [-0.2, -0.15) is 0 Å². The summed E-state index contributed by atoms with van der Waals surface area (Å²) in [6, 6.07) is 6.56. The Morgan fingerprint density at radius 1 is 1.43 bits per heavy atom. The summed E-state index contributed by atoms with van der Waals surface area (Å²) in [6.45, 7) is 7.14. The van der Waals surface area contributed by atoms with E-state index < -0.39 is 0 Å². The summed E-state index contributed by atoms with van der Waals surface area (Å²) in [7, 11) is 3.60. The Balaban J connectivity index is 2.19. The third-order valence-corrected chi connectivity index (χ3v) is 4.38. The second-order valence-corrected chi connectivity index (χ2v) is 6.07. The lowest BCUT2D eigenvalue weighted by Crippen LogP contribution is -2.49. The molecule has 0 bridgehead atoms. The van der Waals surface area contributed by atoms with Crippen LogP contribution < -0.4 is 10.1 Å². The molecule has 1 fully saturated rings. The van der Waals surface area contributed by atoms with E-state index in [0.717, 1.165) is 25.3 Å². The molecule has 0 aromatic heterocycles. The van der Waals surface area contributed by atoms with Gasteiger partial charge in [-0.3, -0.25) is 4.90 Å². The predicted octanol–water partition coefficient (Wildman–Crippen LogP) is 2.72. The molecule has 1 aromatic rings. The summed E-state index contributed by atoms with van der Waals surface area (Å²) < 4.78 is 11.3. The maximum atomic E-state index is 6.11. The van der Waals surface area contributed by atoms with E-state index >= 15 is 0 Å². The molecule has 21 heavy (non-hydrogen) atoms. The van der Waals surface area contributed by atoms with Crippen molar-refractivity contribution in [1.29, 1.82) is 0 Å². The SMILES string of the molecule is CNC(c1ccc(Cl)c(OC)c1)C1CN(C(C)C)CCO1. The van der Waals surface area contributed by atoms with Crippen molar-refractivity contribution in [3.63, 3.8) is 0 Å². The van der Waals surface area contributed by atoms with Gasteiger partial charge in [0, 0.05) is 19.1 Å². The van der Waals surface area contributed by atoms with Crippen LogP contribution in [0.3, 0.4) is 0 Å². The summed E-state index contributed by atoms with van der Waals surface area (Å²) in [4.78, 5) is 2.45. The predicted molar refractivity (Wildman–Crippen MR) is 86.3 cm³/mol. The fourth-order valence-corrected chi connectivity index (χ4v) is 3.00. The number of morpholine rings is 1. The number of benzene rings is 1. The maximum Gasteiger partial charge on any atom is 0.137 e. The fraction of sp³-hybridized carbons (Fsp3) is 0.625. The Morgan fingerprint density at radius 2 is 2.19 bits per heavy atom. The van der Waals surface area contributed by atoms with Gasteiger partial charge in [-0.15, -0.1) is 0 Å². The van der Waals surface area contributed by atoms with E-state index in [1.807, 2.05) is 25.2 Å². The largest absolute Gasteiger partial charge is 0.495 e. The molecule has 0 spiro atoms. The van der Waals surface area contributed by atoms with E-state index in [-0.39, 0.29) is 12.1 Å². The average Bonchev–Trinajstić information content (AvgIpc) is 2.50. The maximum absolute atomic E-state index is 6.11. The number of hydrogen-bond acceptors (Lipinski definition) is 4. The molecule has 1 saturated heterocycles. The monoisotopic (exact) mass is 312 g/mol. The number of ether oxygens (including phenoxy) is 2. The first-order valence-electron chi connectivity index (χ1n) is 7.43. The number of methoxy groups -OCH3 is 1. The van der Waals surface area contributed by atoms with Gasteiger partial charge in [-0.1, -0.05) is 17.7 Å². The van der Waals surface area contributed by atoms with Gasteiger partial charge in [0.25, 0.3) is 0 Å². The van der Waals surface area contributed by atoms with Gasteiger partial charge in [0.1, 0.15) is 5.75 Å². The van der Waals surface area contributed by atoms with Crippen LogP contribution in [0.5, 0.6) is 5.75 Å². The summed E-state index contributed by atoms with van der Waals surface area (Å²) in [5.74, 6) is 0.700. The lowest BCUT2D eigenvalue weighted by Gasteiger charge is -2.39. The highest BCUT2D eigenvalue weighted by atomic mass is 35.5. The van der Waals surface area contributed by atoms with Crippen LogP contribution in [-0.2, 0) is 4.74 Å². The van der Waals surface area contributed by atoms with Crippen molar-refractivity contribution >= 4 is 11.6 Å². The average molecular weight is 313 g/mol. The Kier molecular flexibility index (Phi) is 5.88. The molecule has 1 N–H and O–H groups in total. The third-order valence-electron chi connectivity index (χ3n) is 4.07. The van der Waals surface area contributed by atoms with E-state index in [0.29, 0.717) is 16.8 Å². The van der Waals surface area contributed by atoms with E-state index in [1.165, 1.54) is 0 Å². The van der Waals surface area contributed by atoms with Crippen molar-refractivity contribution in [2.75, 3.05) is 33.9 Å². The molecule has 4 nitrogen and oxygen atoms in total. The van der Waals surface area contributed by atoms with E-state index in [2.05, 4.69) is 24.1 Å². The number of nitrogens with zero attached hydrogens (tertiary/aromatic N) is 1. The van der Waals surface area contributed by atoms with E-state index in [4.69, 9.17) is 21.1 Å². The van der Waals surface area contributed by atoms with Crippen LogP contribution >= 0.6 is 11.6 Å². The lowest BCUT2D eigenvalue weighted by atomic mass is 9.99. The summed E-state index contributed by atoms with van der Waals surface area (Å²) >= 11 is 6.11. The molecule has 1 aliphatic heterocycles. The van der Waals surface area contributed by atoms with Crippen LogP contribution in [0.1, 0.15) is 25.5 Å². The van der Waals surface area contributed by atoms with Gasteiger partial charge in [0.2, 0.25) is 0 Å². The molecule has 0 aliphatic carbocycles. The minimum absolute atomic E-state index is 0.122. The highest BCUT2D eigenvalue weighted by molar-refractivity contribution is 6.32. The molecule has 118 valence electrons. The second kappa shape index (κ2) is 7.45. The van der Waals surface area contributed by atoms with Crippen molar-refractivity contribution in [2.24, 2.45) is 0 Å².